The van der Waals surface area contributed by atoms with Gasteiger partial charge in [0.05, 0.1) is 6.04 Å². The van der Waals surface area contributed by atoms with E-state index in [4.69, 9.17) is 0 Å². The number of imide groups is 1. The van der Waals surface area contributed by atoms with Crippen molar-refractivity contribution in [3.63, 3.8) is 0 Å². The molecule has 0 saturated carbocycles. The highest BCUT2D eigenvalue weighted by molar-refractivity contribution is 6.05. The highest BCUT2D eigenvalue weighted by Crippen LogP contribution is 2.32. The normalized spacial score (nSPS) is 22.3. The third-order valence-corrected chi connectivity index (χ3v) is 6.63. The summed E-state index contributed by atoms with van der Waals surface area (Å²) in [4.78, 5) is 52.8. The fourth-order valence-corrected chi connectivity index (χ4v) is 4.90. The van der Waals surface area contributed by atoms with Crippen LogP contribution in [0, 0.1) is 0 Å². The first-order chi connectivity index (χ1) is 15.4. The number of amides is 5. The van der Waals surface area contributed by atoms with Gasteiger partial charge in [0.15, 0.2) is 0 Å². The minimum Gasteiger partial charge on any atom is -0.322 e. The van der Waals surface area contributed by atoms with Crippen LogP contribution >= 0.6 is 0 Å². The zero-order valence-corrected chi connectivity index (χ0v) is 17.8. The number of nitrogens with zero attached hydrogens (tertiary/aromatic N) is 2. The van der Waals surface area contributed by atoms with Gasteiger partial charge in [-0.2, -0.15) is 0 Å². The van der Waals surface area contributed by atoms with Gasteiger partial charge in [0.25, 0.3) is 5.91 Å². The molecule has 8 nitrogen and oxygen atoms in total. The summed E-state index contributed by atoms with van der Waals surface area (Å²) in [5.41, 5.74) is 4.32. The molecule has 1 fully saturated rings. The average Bonchev–Trinajstić information content (AvgIpc) is 3.09. The van der Waals surface area contributed by atoms with Gasteiger partial charge in [-0.1, -0.05) is 24.3 Å². The van der Waals surface area contributed by atoms with Gasteiger partial charge < -0.3 is 15.1 Å². The lowest BCUT2D eigenvalue weighted by atomic mass is 9.94. The van der Waals surface area contributed by atoms with Crippen LogP contribution in [0.1, 0.15) is 52.9 Å². The summed E-state index contributed by atoms with van der Waals surface area (Å²) < 4.78 is 0. The monoisotopic (exact) mass is 432 g/mol. The van der Waals surface area contributed by atoms with E-state index in [-0.39, 0.29) is 36.9 Å². The molecule has 5 amide bonds. The Morgan fingerprint density at radius 2 is 1.88 bits per heavy atom. The zero-order valence-electron chi connectivity index (χ0n) is 17.8. The highest BCUT2D eigenvalue weighted by Gasteiger charge is 2.39. The van der Waals surface area contributed by atoms with Crippen LogP contribution in [-0.4, -0.2) is 46.1 Å². The van der Waals surface area contributed by atoms with Gasteiger partial charge >= 0.3 is 6.03 Å². The highest BCUT2D eigenvalue weighted by atomic mass is 16.2. The number of piperidine rings is 1. The third kappa shape index (κ3) is 3.41. The van der Waals surface area contributed by atoms with Crippen molar-refractivity contribution in [1.82, 2.24) is 15.1 Å². The van der Waals surface area contributed by atoms with Gasteiger partial charge in [0.2, 0.25) is 11.8 Å². The van der Waals surface area contributed by atoms with Gasteiger partial charge in [0, 0.05) is 30.8 Å². The van der Waals surface area contributed by atoms with Gasteiger partial charge in [-0.25, -0.2) is 4.79 Å². The van der Waals surface area contributed by atoms with E-state index >= 15 is 0 Å². The molecule has 8 heteroatoms. The maximum atomic E-state index is 13.0. The van der Waals surface area contributed by atoms with Crippen LogP contribution in [0.2, 0.25) is 0 Å². The largest absolute Gasteiger partial charge is 0.322 e. The Bertz CT molecular complexity index is 1140. The van der Waals surface area contributed by atoms with Gasteiger partial charge in [-0.3, -0.25) is 19.7 Å². The second kappa shape index (κ2) is 7.78. The van der Waals surface area contributed by atoms with E-state index in [0.29, 0.717) is 24.2 Å². The Morgan fingerprint density at radius 3 is 2.69 bits per heavy atom. The summed E-state index contributed by atoms with van der Waals surface area (Å²) in [7, 11) is 0. The Hall–Kier alpha value is -3.68. The number of nitrogens with one attached hydrogen (secondary N) is 2. The summed E-state index contributed by atoms with van der Waals surface area (Å²) >= 11 is 0. The van der Waals surface area contributed by atoms with E-state index in [9.17, 15) is 19.2 Å². The number of anilines is 1. The predicted molar refractivity (Wildman–Crippen MR) is 117 cm³/mol. The van der Waals surface area contributed by atoms with Crippen LogP contribution in [-0.2, 0) is 22.6 Å². The average molecular weight is 432 g/mol. The molecule has 0 aromatic heterocycles. The summed E-state index contributed by atoms with van der Waals surface area (Å²) in [6.45, 7) is 2.94. The van der Waals surface area contributed by atoms with Crippen LogP contribution in [0.4, 0.5) is 10.5 Å². The first kappa shape index (κ1) is 20.2. The van der Waals surface area contributed by atoms with Crippen molar-refractivity contribution in [2.75, 3.05) is 11.9 Å². The van der Waals surface area contributed by atoms with Crippen LogP contribution in [0.25, 0.3) is 0 Å². The molecular weight excluding hydrogens is 408 g/mol. The van der Waals surface area contributed by atoms with Crippen LogP contribution in [0.5, 0.6) is 0 Å². The lowest BCUT2D eigenvalue weighted by molar-refractivity contribution is -0.136. The third-order valence-electron chi connectivity index (χ3n) is 6.63. The second-order valence-electron chi connectivity index (χ2n) is 8.52. The molecule has 0 aliphatic carbocycles. The Balaban J connectivity index is 1.30. The molecule has 0 bridgehead atoms. The number of benzene rings is 2. The number of carbonyl (C=O) groups is 4. The molecule has 2 atom stereocenters. The maximum Gasteiger partial charge on any atom is 0.322 e. The molecule has 0 radical (unpaired) electrons. The van der Waals surface area contributed by atoms with Gasteiger partial charge in [-0.05, 0) is 54.7 Å². The van der Waals surface area contributed by atoms with E-state index < -0.39 is 11.9 Å². The molecule has 5 rings (SSSR count). The first-order valence-electron chi connectivity index (χ1n) is 10.9. The van der Waals surface area contributed by atoms with Crippen molar-refractivity contribution in [3.05, 3.63) is 64.7 Å². The molecule has 32 heavy (non-hydrogen) atoms. The van der Waals surface area contributed by atoms with E-state index in [1.807, 2.05) is 24.0 Å². The number of hydrogen-bond donors (Lipinski definition) is 2. The fraction of sp³-hybridized carbons (Fsp3) is 0.333. The van der Waals surface area contributed by atoms with Crippen molar-refractivity contribution in [2.24, 2.45) is 0 Å². The molecule has 2 N–H and O–H groups in total. The number of rotatable bonds is 2. The molecule has 2 aromatic rings. The minimum atomic E-state index is -0.653. The van der Waals surface area contributed by atoms with E-state index in [1.165, 1.54) is 10.5 Å². The summed E-state index contributed by atoms with van der Waals surface area (Å²) in [6, 6.07) is 12.5. The molecule has 164 valence electrons. The molecule has 2 unspecified atom stereocenters. The molecule has 1 saturated heterocycles. The number of fused-ring (bicyclic) bond motifs is 2. The number of urea groups is 1. The maximum absolute atomic E-state index is 13.0. The zero-order chi connectivity index (χ0) is 22.4. The van der Waals surface area contributed by atoms with Gasteiger partial charge in [0.1, 0.15) is 6.04 Å². The number of carbonyl (C=O) groups excluding carboxylic acids is 4. The topological polar surface area (TPSA) is 98.8 Å². The molecule has 3 aliphatic heterocycles. The van der Waals surface area contributed by atoms with Crippen LogP contribution < -0.4 is 10.6 Å². The lowest BCUT2D eigenvalue weighted by Gasteiger charge is -2.35. The smallest absolute Gasteiger partial charge is 0.322 e. The predicted octanol–water partition coefficient (Wildman–Crippen LogP) is 2.60. The number of hydrogen-bond acceptors (Lipinski definition) is 4. The molecule has 2 aromatic carbocycles. The molecule has 3 heterocycles. The quantitative estimate of drug-likeness (QED) is 0.713. The SMILES string of the molecule is CC1c2ccccc2CCN1C(=O)Nc1ccc2c(c1)CN(C1CCC(=O)NC1=O)C2=O. The second-order valence-corrected chi connectivity index (χ2v) is 8.52. The first-order valence-corrected chi connectivity index (χ1v) is 10.9. The standard InChI is InChI=1S/C24H24N4O4/c1-14-18-5-3-2-4-15(18)10-11-27(14)24(32)25-17-6-7-19-16(12-17)13-28(23(19)31)20-8-9-21(29)26-22(20)30/h2-7,12,14,20H,8-11,13H2,1H3,(H,25,32)(H,26,29,30). The Morgan fingerprint density at radius 1 is 1.06 bits per heavy atom. The van der Waals surface area contributed by atoms with Crippen molar-refractivity contribution in [3.8, 4) is 0 Å². The van der Waals surface area contributed by atoms with E-state index in [1.54, 1.807) is 18.2 Å². The van der Waals surface area contributed by atoms with Crippen molar-refractivity contribution in [1.29, 1.82) is 0 Å². The van der Waals surface area contributed by atoms with Gasteiger partial charge in [-0.15, -0.1) is 0 Å². The van der Waals surface area contributed by atoms with Crippen molar-refractivity contribution in [2.45, 2.75) is 44.8 Å². The van der Waals surface area contributed by atoms with E-state index in [0.717, 1.165) is 17.5 Å². The Labute approximate surface area is 185 Å². The van der Waals surface area contributed by atoms with Crippen LogP contribution in [0.3, 0.4) is 0 Å². The van der Waals surface area contributed by atoms with Crippen molar-refractivity contribution < 1.29 is 19.2 Å². The molecule has 3 aliphatic rings. The molecular formula is C24H24N4O4. The van der Waals surface area contributed by atoms with Crippen molar-refractivity contribution >= 4 is 29.4 Å². The van der Waals surface area contributed by atoms with Crippen LogP contribution in [0.15, 0.2) is 42.5 Å². The summed E-state index contributed by atoms with van der Waals surface area (Å²) in [5.74, 6) is -0.973. The Kier molecular flexibility index (Phi) is 4.92. The fourth-order valence-electron chi connectivity index (χ4n) is 4.90. The molecule has 0 spiro atoms. The summed E-state index contributed by atoms with van der Waals surface area (Å²) in [6.07, 6.45) is 1.35. The van der Waals surface area contributed by atoms with E-state index in [2.05, 4.69) is 22.8 Å². The summed E-state index contributed by atoms with van der Waals surface area (Å²) in [5, 5.41) is 5.26. The lowest BCUT2D eigenvalue weighted by Crippen LogP contribution is -2.52. The minimum absolute atomic E-state index is 0.0287.